The van der Waals surface area contributed by atoms with E-state index in [9.17, 15) is 10.1 Å². The number of benzene rings is 3. The fraction of sp³-hybridized carbons (Fsp3) is 0.0417. The first-order valence-electron chi connectivity index (χ1n) is 9.37. The van der Waals surface area contributed by atoms with E-state index in [1.54, 1.807) is 22.9 Å². The molecule has 5 nitrogen and oxygen atoms in total. The Balaban J connectivity index is 1.50. The Labute approximate surface area is 179 Å². The highest BCUT2D eigenvalue weighted by Gasteiger charge is 2.14. The van der Waals surface area contributed by atoms with Gasteiger partial charge in [0.05, 0.1) is 17.7 Å². The zero-order valence-electron chi connectivity index (χ0n) is 16.0. The number of nitriles is 1. The summed E-state index contributed by atoms with van der Waals surface area (Å²) in [5, 5.41) is 16.6. The summed E-state index contributed by atoms with van der Waals surface area (Å²) in [6, 6.07) is 28.7. The van der Waals surface area contributed by atoms with Crippen LogP contribution in [0.1, 0.15) is 21.5 Å². The molecule has 4 rings (SSSR count). The summed E-state index contributed by atoms with van der Waals surface area (Å²) in [4.78, 5) is 14.5. The number of hydrogen-bond donors (Lipinski definition) is 1. The number of anilines is 1. The lowest BCUT2D eigenvalue weighted by molar-refractivity contribution is 0.102. The van der Waals surface area contributed by atoms with Crippen LogP contribution in [0.15, 0.2) is 101 Å². The smallest absolute Gasteiger partial charge is 0.258 e. The molecule has 0 aliphatic carbocycles. The molecule has 4 aromatic rings. The monoisotopic (exact) mass is 410 g/mol. The summed E-state index contributed by atoms with van der Waals surface area (Å²) in [6.45, 7) is 0.633. The molecular formula is C24H18N4OS. The van der Waals surface area contributed by atoms with Gasteiger partial charge in [0.15, 0.2) is 5.82 Å². The van der Waals surface area contributed by atoms with E-state index in [0.29, 0.717) is 23.5 Å². The SMILES string of the molecule is N#Cc1ccccc1Sc1ccccc1C(=O)Nc1ccn(Cc2ccccc2)n1. The minimum Gasteiger partial charge on any atom is -0.305 e. The summed E-state index contributed by atoms with van der Waals surface area (Å²) in [5.74, 6) is 0.255. The van der Waals surface area contributed by atoms with Crippen molar-refractivity contribution in [2.75, 3.05) is 5.32 Å². The van der Waals surface area contributed by atoms with E-state index in [0.717, 1.165) is 15.4 Å². The number of carbonyl (C=O) groups excluding carboxylic acids is 1. The van der Waals surface area contributed by atoms with Crippen LogP contribution in [0.4, 0.5) is 5.82 Å². The van der Waals surface area contributed by atoms with Crippen molar-refractivity contribution in [2.45, 2.75) is 16.3 Å². The number of nitrogens with zero attached hydrogens (tertiary/aromatic N) is 3. The molecule has 0 saturated carbocycles. The molecule has 0 aliphatic rings. The molecule has 0 atom stereocenters. The molecule has 146 valence electrons. The number of rotatable bonds is 6. The van der Waals surface area contributed by atoms with Gasteiger partial charge in [0.25, 0.3) is 5.91 Å². The van der Waals surface area contributed by atoms with Gasteiger partial charge in [-0.25, -0.2) is 0 Å². The molecule has 1 heterocycles. The second kappa shape index (κ2) is 9.12. The van der Waals surface area contributed by atoms with Crippen molar-refractivity contribution in [3.63, 3.8) is 0 Å². The Kier molecular flexibility index (Phi) is 5.93. The summed E-state index contributed by atoms with van der Waals surface area (Å²) < 4.78 is 1.79. The highest BCUT2D eigenvalue weighted by molar-refractivity contribution is 7.99. The van der Waals surface area contributed by atoms with E-state index in [4.69, 9.17) is 0 Å². The van der Waals surface area contributed by atoms with Gasteiger partial charge >= 0.3 is 0 Å². The van der Waals surface area contributed by atoms with Gasteiger partial charge in [0, 0.05) is 22.1 Å². The van der Waals surface area contributed by atoms with Crippen LogP contribution in [0, 0.1) is 11.3 Å². The van der Waals surface area contributed by atoms with Crippen LogP contribution in [0.2, 0.25) is 0 Å². The molecule has 0 fully saturated rings. The van der Waals surface area contributed by atoms with Crippen LogP contribution in [0.25, 0.3) is 0 Å². The maximum atomic E-state index is 12.9. The van der Waals surface area contributed by atoms with Gasteiger partial charge in [-0.1, -0.05) is 66.4 Å². The minimum atomic E-state index is -0.238. The fourth-order valence-corrected chi connectivity index (χ4v) is 4.00. The summed E-state index contributed by atoms with van der Waals surface area (Å²) in [7, 11) is 0. The quantitative estimate of drug-likeness (QED) is 0.474. The molecule has 30 heavy (non-hydrogen) atoms. The summed E-state index contributed by atoms with van der Waals surface area (Å²) in [5.41, 5.74) is 2.25. The first-order valence-corrected chi connectivity index (χ1v) is 10.2. The number of hydrogen-bond acceptors (Lipinski definition) is 4. The van der Waals surface area contributed by atoms with Gasteiger partial charge in [0.2, 0.25) is 0 Å². The van der Waals surface area contributed by atoms with Gasteiger partial charge < -0.3 is 5.32 Å². The van der Waals surface area contributed by atoms with Gasteiger partial charge in [0.1, 0.15) is 6.07 Å². The van der Waals surface area contributed by atoms with E-state index in [2.05, 4.69) is 16.5 Å². The normalized spacial score (nSPS) is 10.4. The maximum Gasteiger partial charge on any atom is 0.258 e. The molecule has 0 aliphatic heterocycles. The van der Waals surface area contributed by atoms with E-state index < -0.39 is 0 Å². The molecule has 0 spiro atoms. The lowest BCUT2D eigenvalue weighted by atomic mass is 10.2. The van der Waals surface area contributed by atoms with Gasteiger partial charge in [-0.2, -0.15) is 10.4 Å². The molecular weight excluding hydrogens is 392 g/mol. The number of nitrogens with one attached hydrogen (secondary N) is 1. The molecule has 1 N–H and O–H groups in total. The second-order valence-corrected chi connectivity index (χ2v) is 7.63. The molecule has 0 saturated heterocycles. The lowest BCUT2D eigenvalue weighted by Gasteiger charge is -2.09. The van der Waals surface area contributed by atoms with Crippen molar-refractivity contribution in [1.82, 2.24) is 9.78 Å². The Morgan fingerprint density at radius 2 is 1.63 bits per heavy atom. The molecule has 0 unspecified atom stereocenters. The standard InChI is InChI=1S/C24H18N4OS/c25-16-19-10-4-6-12-21(19)30-22-13-7-5-11-20(22)24(29)26-23-14-15-28(27-23)17-18-8-2-1-3-9-18/h1-15H,17H2,(H,26,27,29). The number of aromatic nitrogens is 2. The van der Waals surface area contributed by atoms with Crippen LogP contribution >= 0.6 is 11.8 Å². The van der Waals surface area contributed by atoms with Crippen LogP contribution in [0.5, 0.6) is 0 Å². The molecule has 0 radical (unpaired) electrons. The average Bonchev–Trinajstić information content (AvgIpc) is 3.21. The largest absolute Gasteiger partial charge is 0.305 e. The van der Waals surface area contributed by atoms with Crippen LogP contribution < -0.4 is 5.32 Å². The van der Waals surface area contributed by atoms with E-state index in [1.165, 1.54) is 11.8 Å². The summed E-state index contributed by atoms with van der Waals surface area (Å²) in [6.07, 6.45) is 1.84. The molecule has 6 heteroatoms. The van der Waals surface area contributed by atoms with Crippen molar-refractivity contribution >= 4 is 23.5 Å². The van der Waals surface area contributed by atoms with E-state index in [1.807, 2.05) is 72.9 Å². The Hall–Kier alpha value is -3.82. The third-order valence-electron chi connectivity index (χ3n) is 4.43. The number of carbonyl (C=O) groups is 1. The summed E-state index contributed by atoms with van der Waals surface area (Å²) >= 11 is 1.40. The zero-order chi connectivity index (χ0) is 20.8. The Bertz CT molecular complexity index is 1210. The predicted octanol–water partition coefficient (Wildman–Crippen LogP) is 5.21. The van der Waals surface area contributed by atoms with Crippen LogP contribution in [-0.4, -0.2) is 15.7 Å². The third kappa shape index (κ3) is 4.59. The lowest BCUT2D eigenvalue weighted by Crippen LogP contribution is -2.14. The van der Waals surface area contributed by atoms with Gasteiger partial charge in [-0.3, -0.25) is 9.48 Å². The number of amides is 1. The zero-order valence-corrected chi connectivity index (χ0v) is 16.8. The molecule has 1 amide bonds. The first-order chi connectivity index (χ1) is 14.7. The van der Waals surface area contributed by atoms with Crippen molar-refractivity contribution in [2.24, 2.45) is 0 Å². The molecule has 1 aromatic heterocycles. The predicted molar refractivity (Wildman–Crippen MR) is 117 cm³/mol. The highest BCUT2D eigenvalue weighted by Crippen LogP contribution is 2.32. The average molecular weight is 411 g/mol. The van der Waals surface area contributed by atoms with Crippen molar-refractivity contribution in [3.05, 3.63) is 108 Å². The van der Waals surface area contributed by atoms with Crippen molar-refractivity contribution < 1.29 is 4.79 Å². The van der Waals surface area contributed by atoms with Crippen molar-refractivity contribution in [3.8, 4) is 6.07 Å². The molecule has 0 bridgehead atoms. The second-order valence-electron chi connectivity index (χ2n) is 6.54. The topological polar surface area (TPSA) is 70.7 Å². The Morgan fingerprint density at radius 3 is 2.43 bits per heavy atom. The van der Waals surface area contributed by atoms with Gasteiger partial charge in [-0.05, 0) is 29.8 Å². The Morgan fingerprint density at radius 1 is 0.933 bits per heavy atom. The minimum absolute atomic E-state index is 0.238. The maximum absolute atomic E-state index is 12.9. The van der Waals surface area contributed by atoms with E-state index >= 15 is 0 Å². The van der Waals surface area contributed by atoms with Crippen molar-refractivity contribution in [1.29, 1.82) is 5.26 Å². The fourth-order valence-electron chi connectivity index (χ4n) is 2.98. The highest BCUT2D eigenvalue weighted by atomic mass is 32.2. The van der Waals surface area contributed by atoms with Crippen LogP contribution in [-0.2, 0) is 6.54 Å². The van der Waals surface area contributed by atoms with Crippen LogP contribution in [0.3, 0.4) is 0 Å². The first kappa shape index (κ1) is 19.5. The van der Waals surface area contributed by atoms with E-state index in [-0.39, 0.29) is 5.91 Å². The van der Waals surface area contributed by atoms with Gasteiger partial charge in [-0.15, -0.1) is 0 Å². The third-order valence-corrected chi connectivity index (χ3v) is 5.58. The molecule has 3 aromatic carbocycles.